The van der Waals surface area contributed by atoms with E-state index >= 15 is 0 Å². The third kappa shape index (κ3) is 4.39. The first kappa shape index (κ1) is 22.7. The van der Waals surface area contributed by atoms with E-state index in [2.05, 4.69) is 4.98 Å². The maximum absolute atomic E-state index is 13.0. The molecule has 0 atom stereocenters. The van der Waals surface area contributed by atoms with Crippen molar-refractivity contribution in [3.63, 3.8) is 0 Å². The van der Waals surface area contributed by atoms with Gasteiger partial charge >= 0.3 is 5.97 Å². The van der Waals surface area contributed by atoms with Gasteiger partial charge in [-0.3, -0.25) is 14.9 Å². The molecule has 1 aliphatic heterocycles. The average molecular weight is 436 g/mol. The van der Waals surface area contributed by atoms with Crippen LogP contribution in [0.5, 0.6) is 0 Å². The molecule has 0 bridgehead atoms. The molecular formula is C23H24N4O5. The number of aromatic amines is 1. The number of H-pyrrole nitrogens is 1. The number of nitrogens with one attached hydrogen (secondary N) is 1. The molecule has 9 nitrogen and oxygen atoms in total. The van der Waals surface area contributed by atoms with Gasteiger partial charge in [0.15, 0.2) is 0 Å². The summed E-state index contributed by atoms with van der Waals surface area (Å²) in [7, 11) is 0. The normalized spacial score (nSPS) is 13.7. The summed E-state index contributed by atoms with van der Waals surface area (Å²) >= 11 is 0. The lowest BCUT2D eigenvalue weighted by molar-refractivity contribution is -0.384. The molecule has 166 valence electrons. The van der Waals surface area contributed by atoms with Gasteiger partial charge in [-0.15, -0.1) is 0 Å². The number of aromatic nitrogens is 1. The molecule has 1 N–H and O–H groups in total. The zero-order valence-electron chi connectivity index (χ0n) is 18.2. The summed E-state index contributed by atoms with van der Waals surface area (Å²) in [6, 6.07) is 6.55. The average Bonchev–Trinajstić information content (AvgIpc) is 3.39. The number of nitro groups is 1. The topological polar surface area (TPSA) is 129 Å². The summed E-state index contributed by atoms with van der Waals surface area (Å²) in [6.07, 6.45) is 3.28. The molecule has 2 aromatic rings. The lowest BCUT2D eigenvalue weighted by atomic mass is 10.0. The fourth-order valence-corrected chi connectivity index (χ4v) is 3.94. The molecule has 1 aromatic heterocycles. The van der Waals surface area contributed by atoms with E-state index < -0.39 is 16.7 Å². The van der Waals surface area contributed by atoms with Crippen LogP contribution in [0, 0.1) is 35.3 Å². The molecule has 1 saturated heterocycles. The SMILES string of the molecule is CCOC(=O)c1c(C)[nH]c(C(=O)/C(C#N)=C/c2ccc(N3CCCC3)c([N+](=O)[O-])c2)c1C. The van der Waals surface area contributed by atoms with Gasteiger partial charge in [0.2, 0.25) is 5.78 Å². The Kier molecular flexibility index (Phi) is 6.73. The lowest BCUT2D eigenvalue weighted by Gasteiger charge is -2.17. The van der Waals surface area contributed by atoms with E-state index in [1.807, 2.05) is 11.0 Å². The first-order valence-corrected chi connectivity index (χ1v) is 10.3. The van der Waals surface area contributed by atoms with Gasteiger partial charge in [0.1, 0.15) is 17.3 Å². The number of esters is 1. The van der Waals surface area contributed by atoms with Crippen molar-refractivity contribution in [3.05, 3.63) is 62.0 Å². The summed E-state index contributed by atoms with van der Waals surface area (Å²) in [5.74, 6) is -1.15. The third-order valence-corrected chi connectivity index (χ3v) is 5.46. The van der Waals surface area contributed by atoms with Crippen molar-refractivity contribution in [2.75, 3.05) is 24.6 Å². The Morgan fingerprint density at radius 3 is 2.59 bits per heavy atom. The van der Waals surface area contributed by atoms with E-state index in [1.54, 1.807) is 32.9 Å². The van der Waals surface area contributed by atoms with Gasteiger partial charge in [-0.05, 0) is 56.9 Å². The van der Waals surface area contributed by atoms with Crippen LogP contribution in [0.1, 0.15) is 57.4 Å². The number of nitrogens with zero attached hydrogens (tertiary/aromatic N) is 3. The van der Waals surface area contributed by atoms with Crippen molar-refractivity contribution < 1.29 is 19.2 Å². The summed E-state index contributed by atoms with van der Waals surface area (Å²) in [5, 5.41) is 21.2. The van der Waals surface area contributed by atoms with Crippen molar-refractivity contribution in [1.82, 2.24) is 4.98 Å². The minimum atomic E-state index is -0.602. The van der Waals surface area contributed by atoms with Crippen LogP contribution < -0.4 is 4.90 Å². The minimum Gasteiger partial charge on any atom is -0.462 e. The molecule has 0 unspecified atom stereocenters. The van der Waals surface area contributed by atoms with Crippen LogP contribution in [0.3, 0.4) is 0 Å². The number of benzene rings is 1. The van der Waals surface area contributed by atoms with Gasteiger partial charge in [-0.25, -0.2) is 4.79 Å². The monoisotopic (exact) mass is 436 g/mol. The molecule has 0 aliphatic carbocycles. The molecule has 2 heterocycles. The molecule has 1 fully saturated rings. The minimum absolute atomic E-state index is 0.0677. The Labute approximate surface area is 185 Å². The fraction of sp³-hybridized carbons (Fsp3) is 0.348. The highest BCUT2D eigenvalue weighted by molar-refractivity contribution is 6.15. The highest BCUT2D eigenvalue weighted by Crippen LogP contribution is 2.32. The summed E-state index contributed by atoms with van der Waals surface area (Å²) in [6.45, 7) is 6.64. The number of ketones is 1. The highest BCUT2D eigenvalue weighted by atomic mass is 16.6. The van der Waals surface area contributed by atoms with Gasteiger partial charge < -0.3 is 14.6 Å². The molecule has 1 aliphatic rings. The zero-order valence-corrected chi connectivity index (χ0v) is 18.2. The van der Waals surface area contributed by atoms with Crippen molar-refractivity contribution in [2.24, 2.45) is 0 Å². The Hall–Kier alpha value is -3.93. The molecule has 0 saturated carbocycles. The van der Waals surface area contributed by atoms with Crippen LogP contribution >= 0.6 is 0 Å². The number of hydrogen-bond acceptors (Lipinski definition) is 7. The Morgan fingerprint density at radius 2 is 2.00 bits per heavy atom. The van der Waals surface area contributed by atoms with Gasteiger partial charge in [0.25, 0.3) is 5.69 Å². The second-order valence-corrected chi connectivity index (χ2v) is 7.54. The second kappa shape index (κ2) is 9.47. The molecule has 3 rings (SSSR count). The third-order valence-electron chi connectivity index (χ3n) is 5.46. The quantitative estimate of drug-likeness (QED) is 0.173. The van der Waals surface area contributed by atoms with Crippen LogP contribution in [-0.4, -0.2) is 41.4 Å². The number of anilines is 1. The Morgan fingerprint density at radius 1 is 1.31 bits per heavy atom. The van der Waals surface area contributed by atoms with E-state index in [1.165, 1.54) is 12.1 Å². The van der Waals surface area contributed by atoms with Crippen LogP contribution in [0.15, 0.2) is 23.8 Å². The van der Waals surface area contributed by atoms with E-state index in [-0.39, 0.29) is 29.1 Å². The summed E-state index contributed by atoms with van der Waals surface area (Å²) in [5.41, 5.74) is 1.87. The molecular weight excluding hydrogens is 412 g/mol. The number of hydrogen-bond donors (Lipinski definition) is 1. The number of nitriles is 1. The van der Waals surface area contributed by atoms with Gasteiger partial charge in [0, 0.05) is 24.8 Å². The molecule has 0 amide bonds. The number of nitro benzene ring substituents is 1. The Balaban J connectivity index is 1.98. The second-order valence-electron chi connectivity index (χ2n) is 7.54. The van der Waals surface area contributed by atoms with Crippen molar-refractivity contribution in [1.29, 1.82) is 5.26 Å². The predicted octanol–water partition coefficient (Wildman–Crippen LogP) is 4.11. The molecule has 0 radical (unpaired) electrons. The smallest absolute Gasteiger partial charge is 0.340 e. The fourth-order valence-electron chi connectivity index (χ4n) is 3.94. The van der Waals surface area contributed by atoms with E-state index in [4.69, 9.17) is 4.74 Å². The summed E-state index contributed by atoms with van der Waals surface area (Å²) in [4.78, 5) is 41.2. The maximum Gasteiger partial charge on any atom is 0.340 e. The number of ether oxygens (including phenoxy) is 1. The number of rotatable bonds is 7. The zero-order chi connectivity index (χ0) is 23.4. The number of carbonyl (C=O) groups excluding carboxylic acids is 2. The molecule has 0 spiro atoms. The Bertz CT molecular complexity index is 1150. The highest BCUT2D eigenvalue weighted by Gasteiger charge is 2.26. The predicted molar refractivity (Wildman–Crippen MR) is 119 cm³/mol. The molecule has 1 aromatic carbocycles. The first-order chi connectivity index (χ1) is 15.3. The van der Waals surface area contributed by atoms with Gasteiger partial charge in [-0.1, -0.05) is 6.07 Å². The van der Waals surface area contributed by atoms with E-state index in [0.29, 0.717) is 22.5 Å². The van der Waals surface area contributed by atoms with Gasteiger partial charge in [-0.2, -0.15) is 5.26 Å². The van der Waals surface area contributed by atoms with Crippen LogP contribution in [-0.2, 0) is 4.74 Å². The number of Topliss-reactive ketones (excluding diaryl/α,β-unsaturated/α-hetero) is 1. The number of allylic oxidation sites excluding steroid dienone is 1. The van der Waals surface area contributed by atoms with Crippen molar-refractivity contribution in [3.8, 4) is 6.07 Å². The first-order valence-electron chi connectivity index (χ1n) is 10.3. The lowest BCUT2D eigenvalue weighted by Crippen LogP contribution is -2.18. The number of aryl methyl sites for hydroxylation is 1. The largest absolute Gasteiger partial charge is 0.462 e. The van der Waals surface area contributed by atoms with Gasteiger partial charge in [0.05, 0.1) is 22.8 Å². The van der Waals surface area contributed by atoms with Crippen LogP contribution in [0.4, 0.5) is 11.4 Å². The van der Waals surface area contributed by atoms with E-state index in [9.17, 15) is 25.0 Å². The standard InChI is InChI=1S/C23H24N4O5/c1-4-32-23(29)20-14(2)21(25-15(20)3)22(28)17(13-24)11-16-7-8-18(19(12-16)27(30)31)26-9-5-6-10-26/h7-8,11-12,25H,4-6,9-10H2,1-3H3/b17-11+. The summed E-state index contributed by atoms with van der Waals surface area (Å²) < 4.78 is 5.04. The van der Waals surface area contributed by atoms with Crippen molar-refractivity contribution in [2.45, 2.75) is 33.6 Å². The number of carbonyl (C=O) groups is 2. The van der Waals surface area contributed by atoms with Crippen LogP contribution in [0.2, 0.25) is 0 Å². The maximum atomic E-state index is 13.0. The van der Waals surface area contributed by atoms with Crippen LogP contribution in [0.25, 0.3) is 6.08 Å². The molecule has 32 heavy (non-hydrogen) atoms. The van der Waals surface area contributed by atoms with Crippen molar-refractivity contribution >= 4 is 29.2 Å². The van der Waals surface area contributed by atoms with E-state index in [0.717, 1.165) is 25.9 Å². The molecule has 9 heteroatoms.